The van der Waals surface area contributed by atoms with Gasteiger partial charge < -0.3 is 15.2 Å². The molecule has 0 radical (unpaired) electrons. The van der Waals surface area contributed by atoms with Crippen molar-refractivity contribution in [2.45, 2.75) is 27.2 Å². The van der Waals surface area contributed by atoms with Crippen molar-refractivity contribution in [2.75, 3.05) is 13.7 Å². The van der Waals surface area contributed by atoms with Crippen molar-refractivity contribution >= 4 is 5.91 Å². The fraction of sp³-hybridized carbons (Fsp3) is 0.421. The molecule has 6 heteroatoms. The summed E-state index contributed by atoms with van der Waals surface area (Å²) in [5.41, 5.74) is 7.78. The molecule has 2 atom stereocenters. The maximum atomic E-state index is 11.5. The van der Waals surface area contributed by atoms with E-state index in [-0.39, 0.29) is 11.4 Å². The number of primary amides is 1. The van der Waals surface area contributed by atoms with Gasteiger partial charge in [-0.15, -0.1) is 0 Å². The zero-order chi connectivity index (χ0) is 18.6. The molecule has 6 nitrogen and oxygen atoms in total. The summed E-state index contributed by atoms with van der Waals surface area (Å²) in [5.74, 6) is 1.78. The number of methoxy groups -OCH3 is 1. The van der Waals surface area contributed by atoms with Crippen LogP contribution in [0.15, 0.2) is 41.8 Å². The summed E-state index contributed by atoms with van der Waals surface area (Å²) in [6.45, 7) is 10.2. The summed E-state index contributed by atoms with van der Waals surface area (Å²) in [6, 6.07) is 0. The number of rotatable bonds is 8. The number of nitrogens with two attached hydrogens (primary N) is 1. The smallest absolute Gasteiger partial charge is 0.255 e. The Balaban J connectivity index is 2.04. The van der Waals surface area contributed by atoms with Gasteiger partial charge in [0.15, 0.2) is 0 Å². The number of carbonyl (C=O) groups excluding carboxylic acids is 1. The van der Waals surface area contributed by atoms with Crippen LogP contribution < -0.4 is 10.5 Å². The van der Waals surface area contributed by atoms with E-state index in [2.05, 4.69) is 22.6 Å². The zero-order valence-electron chi connectivity index (χ0n) is 15.2. The van der Waals surface area contributed by atoms with Crippen LogP contribution in [-0.4, -0.2) is 29.6 Å². The Hall–Kier alpha value is -2.63. The van der Waals surface area contributed by atoms with Crippen molar-refractivity contribution in [2.24, 2.45) is 17.6 Å². The minimum Gasteiger partial charge on any atom is -0.501 e. The molecule has 0 saturated heterocycles. The number of allylic oxidation sites excluding steroid dienone is 5. The Morgan fingerprint density at radius 1 is 1.44 bits per heavy atom. The van der Waals surface area contributed by atoms with E-state index in [4.69, 9.17) is 15.2 Å². The van der Waals surface area contributed by atoms with E-state index in [1.807, 2.05) is 19.9 Å². The van der Waals surface area contributed by atoms with Gasteiger partial charge in [-0.25, -0.2) is 4.98 Å². The molecule has 25 heavy (non-hydrogen) atoms. The number of nitrogens with zero attached hydrogens (tertiary/aromatic N) is 2. The molecular formula is C19H25N3O3. The largest absolute Gasteiger partial charge is 0.501 e. The normalized spacial score (nSPS) is 20.2. The number of ether oxygens (including phenoxy) is 2. The molecular weight excluding hydrogens is 318 g/mol. The molecule has 0 aliphatic heterocycles. The molecule has 1 saturated carbocycles. The number of hydrogen-bond acceptors (Lipinski definition) is 5. The first-order valence-corrected chi connectivity index (χ1v) is 8.18. The Morgan fingerprint density at radius 2 is 2.16 bits per heavy atom. The number of hydrogen-bond donors (Lipinski definition) is 1. The maximum Gasteiger partial charge on any atom is 0.255 e. The van der Waals surface area contributed by atoms with Gasteiger partial charge in [0, 0.05) is 12.1 Å². The van der Waals surface area contributed by atoms with Gasteiger partial charge in [-0.3, -0.25) is 4.79 Å². The first-order chi connectivity index (χ1) is 11.8. The van der Waals surface area contributed by atoms with Gasteiger partial charge in [0.05, 0.1) is 19.5 Å². The molecule has 1 aliphatic carbocycles. The summed E-state index contributed by atoms with van der Waals surface area (Å²) in [6.07, 6.45) is 6.41. The van der Waals surface area contributed by atoms with E-state index in [0.29, 0.717) is 24.3 Å². The van der Waals surface area contributed by atoms with Crippen LogP contribution in [0.3, 0.4) is 0 Å². The summed E-state index contributed by atoms with van der Waals surface area (Å²) < 4.78 is 10.9. The van der Waals surface area contributed by atoms with Gasteiger partial charge in [-0.1, -0.05) is 18.2 Å². The molecule has 1 aromatic heterocycles. The number of carbonyl (C=O) groups is 1. The Labute approximate surface area is 148 Å². The number of aromatic nitrogens is 2. The molecule has 1 amide bonds. The zero-order valence-corrected chi connectivity index (χ0v) is 15.2. The van der Waals surface area contributed by atoms with E-state index in [9.17, 15) is 4.79 Å². The molecule has 1 aromatic rings. The van der Waals surface area contributed by atoms with Crippen molar-refractivity contribution in [3.8, 4) is 5.88 Å². The first-order valence-electron chi connectivity index (χ1n) is 8.18. The quantitative estimate of drug-likeness (QED) is 0.579. The average molecular weight is 343 g/mol. The first kappa shape index (κ1) is 18.7. The standard InChI is InChI=1S/C19H25N3O3/c1-11(2)15(7-6-12(3)24-5)16-8-14(16)10-25-19-17(18(20)23)9-21-13(4)22-19/h6-7,9,14,16H,1,8,10H2,2-5H3,(H2,20,23). The van der Waals surface area contributed by atoms with Gasteiger partial charge in [-0.2, -0.15) is 4.98 Å². The highest BCUT2D eigenvalue weighted by Crippen LogP contribution is 2.46. The van der Waals surface area contributed by atoms with Crippen LogP contribution in [-0.2, 0) is 4.74 Å². The third kappa shape index (κ3) is 4.92. The lowest BCUT2D eigenvalue weighted by Gasteiger charge is -2.10. The lowest BCUT2D eigenvalue weighted by Crippen LogP contribution is -2.16. The minimum absolute atomic E-state index is 0.206. The van der Waals surface area contributed by atoms with E-state index < -0.39 is 5.91 Å². The molecule has 0 bridgehead atoms. The summed E-state index contributed by atoms with van der Waals surface area (Å²) in [7, 11) is 1.65. The molecule has 1 aliphatic rings. The predicted molar refractivity (Wildman–Crippen MR) is 96.0 cm³/mol. The van der Waals surface area contributed by atoms with E-state index in [1.165, 1.54) is 11.8 Å². The number of amides is 1. The maximum absolute atomic E-state index is 11.5. The summed E-state index contributed by atoms with van der Waals surface area (Å²) in [4.78, 5) is 19.6. The molecule has 0 aromatic carbocycles. The molecule has 1 heterocycles. The topological polar surface area (TPSA) is 87.3 Å². The highest BCUT2D eigenvalue weighted by atomic mass is 16.5. The fourth-order valence-electron chi connectivity index (χ4n) is 2.58. The van der Waals surface area contributed by atoms with Crippen molar-refractivity contribution in [1.29, 1.82) is 0 Å². The molecule has 1 fully saturated rings. The lowest BCUT2D eigenvalue weighted by molar-refractivity contribution is 0.0994. The van der Waals surface area contributed by atoms with Crippen molar-refractivity contribution in [1.82, 2.24) is 9.97 Å². The molecule has 0 spiro atoms. The van der Waals surface area contributed by atoms with Crippen LogP contribution in [0.25, 0.3) is 0 Å². The van der Waals surface area contributed by atoms with Gasteiger partial charge in [0.1, 0.15) is 11.4 Å². The fourth-order valence-corrected chi connectivity index (χ4v) is 2.58. The Bertz CT molecular complexity index is 737. The highest BCUT2D eigenvalue weighted by molar-refractivity contribution is 5.94. The second-order valence-electron chi connectivity index (χ2n) is 6.30. The highest BCUT2D eigenvalue weighted by Gasteiger charge is 2.40. The van der Waals surface area contributed by atoms with Crippen molar-refractivity contribution < 1.29 is 14.3 Å². The van der Waals surface area contributed by atoms with Gasteiger partial charge in [-0.05, 0) is 44.8 Å². The summed E-state index contributed by atoms with van der Waals surface area (Å²) in [5, 5.41) is 0. The summed E-state index contributed by atoms with van der Waals surface area (Å²) >= 11 is 0. The Kier molecular flexibility index (Phi) is 5.96. The predicted octanol–water partition coefficient (Wildman–Crippen LogP) is 2.95. The van der Waals surface area contributed by atoms with Gasteiger partial charge >= 0.3 is 0 Å². The Morgan fingerprint density at radius 3 is 2.76 bits per heavy atom. The molecule has 2 N–H and O–H groups in total. The van der Waals surface area contributed by atoms with Gasteiger partial charge in [0.2, 0.25) is 5.88 Å². The van der Waals surface area contributed by atoms with Crippen LogP contribution in [0, 0.1) is 18.8 Å². The monoisotopic (exact) mass is 343 g/mol. The van der Waals surface area contributed by atoms with Crippen LogP contribution in [0.1, 0.15) is 36.5 Å². The lowest BCUT2D eigenvalue weighted by atomic mass is 10.0. The molecule has 134 valence electrons. The van der Waals surface area contributed by atoms with Crippen LogP contribution in [0.4, 0.5) is 0 Å². The third-order valence-corrected chi connectivity index (χ3v) is 4.21. The molecule has 2 unspecified atom stereocenters. The van der Waals surface area contributed by atoms with E-state index in [0.717, 1.165) is 17.8 Å². The van der Waals surface area contributed by atoms with Crippen LogP contribution in [0.5, 0.6) is 5.88 Å². The SMILES string of the molecule is C=C(C)C(=CC=C(C)OC)C1CC1COc1nc(C)ncc1C(N)=O. The van der Waals surface area contributed by atoms with Crippen molar-refractivity contribution in [3.05, 3.63) is 53.2 Å². The van der Waals surface area contributed by atoms with Gasteiger partial charge in [0.25, 0.3) is 5.91 Å². The number of aryl methyl sites for hydroxylation is 1. The minimum atomic E-state index is -0.593. The van der Waals surface area contributed by atoms with Crippen LogP contribution in [0.2, 0.25) is 0 Å². The van der Waals surface area contributed by atoms with E-state index >= 15 is 0 Å². The second kappa shape index (κ2) is 7.96. The third-order valence-electron chi connectivity index (χ3n) is 4.21. The van der Waals surface area contributed by atoms with E-state index in [1.54, 1.807) is 14.0 Å². The molecule has 2 rings (SSSR count). The van der Waals surface area contributed by atoms with Crippen molar-refractivity contribution in [3.63, 3.8) is 0 Å². The van der Waals surface area contributed by atoms with Crippen LogP contribution >= 0.6 is 0 Å². The average Bonchev–Trinajstić information content (AvgIpc) is 3.31. The second-order valence-corrected chi connectivity index (χ2v) is 6.30.